The summed E-state index contributed by atoms with van der Waals surface area (Å²) < 4.78 is 10.8. The number of methoxy groups -OCH3 is 2. The maximum atomic E-state index is 12.6. The molecule has 1 aromatic heterocycles. The number of aryl methyl sites for hydroxylation is 2. The van der Waals surface area contributed by atoms with Crippen LogP contribution in [0.15, 0.2) is 23.4 Å². The normalized spacial score (nSPS) is 10.6. The summed E-state index contributed by atoms with van der Waals surface area (Å²) in [7, 11) is 5.01. The molecule has 0 saturated heterocycles. The van der Waals surface area contributed by atoms with Crippen molar-refractivity contribution in [3.05, 3.63) is 40.7 Å². The van der Waals surface area contributed by atoms with Gasteiger partial charge in [0.25, 0.3) is 0 Å². The molecule has 2 rings (SSSR count). The van der Waals surface area contributed by atoms with Crippen molar-refractivity contribution < 1.29 is 14.3 Å². The Kier molecular flexibility index (Phi) is 7.47. The Balaban J connectivity index is 2.05. The van der Waals surface area contributed by atoms with Crippen LogP contribution in [0, 0.1) is 13.8 Å². The van der Waals surface area contributed by atoms with Crippen LogP contribution in [0.1, 0.15) is 28.9 Å². The molecule has 0 N–H and O–H groups in total. The van der Waals surface area contributed by atoms with E-state index in [4.69, 9.17) is 9.47 Å². The van der Waals surface area contributed by atoms with E-state index in [9.17, 15) is 4.79 Å². The van der Waals surface area contributed by atoms with Gasteiger partial charge in [-0.1, -0.05) is 23.9 Å². The molecule has 0 radical (unpaired) electrons. The molecular formula is C20H27N3O3S. The van der Waals surface area contributed by atoms with E-state index in [0.717, 1.165) is 27.7 Å². The van der Waals surface area contributed by atoms with E-state index < -0.39 is 0 Å². The lowest BCUT2D eigenvalue weighted by Crippen LogP contribution is -2.27. The van der Waals surface area contributed by atoms with Gasteiger partial charge in [-0.15, -0.1) is 0 Å². The van der Waals surface area contributed by atoms with Crippen LogP contribution >= 0.6 is 11.8 Å². The Morgan fingerprint density at radius 2 is 1.81 bits per heavy atom. The Morgan fingerprint density at radius 3 is 2.37 bits per heavy atom. The smallest absolute Gasteiger partial charge is 0.222 e. The summed E-state index contributed by atoms with van der Waals surface area (Å²) in [5.41, 5.74) is 3.84. The summed E-state index contributed by atoms with van der Waals surface area (Å²) in [6.07, 6.45) is 3.00. The lowest BCUT2D eigenvalue weighted by Gasteiger charge is -2.20. The summed E-state index contributed by atoms with van der Waals surface area (Å²) in [6.45, 7) is 4.40. The number of carbonyl (C=O) groups excluding carboxylic acids is 1. The van der Waals surface area contributed by atoms with E-state index in [-0.39, 0.29) is 5.91 Å². The van der Waals surface area contributed by atoms with Crippen LogP contribution in [-0.4, -0.2) is 48.3 Å². The zero-order valence-electron chi connectivity index (χ0n) is 16.8. The van der Waals surface area contributed by atoms with Crippen LogP contribution in [-0.2, 0) is 17.8 Å². The maximum absolute atomic E-state index is 12.6. The van der Waals surface area contributed by atoms with E-state index in [0.29, 0.717) is 30.9 Å². The fraction of sp³-hybridized carbons (Fsp3) is 0.450. The Morgan fingerprint density at radius 1 is 1.15 bits per heavy atom. The van der Waals surface area contributed by atoms with Gasteiger partial charge in [-0.3, -0.25) is 4.79 Å². The van der Waals surface area contributed by atoms with Crippen molar-refractivity contribution in [2.24, 2.45) is 0 Å². The molecule has 0 fully saturated rings. The van der Waals surface area contributed by atoms with E-state index in [2.05, 4.69) is 9.97 Å². The third-order valence-corrected chi connectivity index (χ3v) is 5.04. The van der Waals surface area contributed by atoms with Gasteiger partial charge < -0.3 is 14.4 Å². The van der Waals surface area contributed by atoms with E-state index in [1.807, 2.05) is 38.3 Å². The Bertz CT molecular complexity index is 788. The number of carbonyl (C=O) groups is 1. The van der Waals surface area contributed by atoms with Crippen LogP contribution < -0.4 is 9.47 Å². The first-order valence-corrected chi connectivity index (χ1v) is 9.95. The molecule has 0 aliphatic heterocycles. The van der Waals surface area contributed by atoms with Crippen LogP contribution in [0.5, 0.6) is 11.5 Å². The molecule has 27 heavy (non-hydrogen) atoms. The highest BCUT2D eigenvalue weighted by Crippen LogP contribution is 2.31. The molecular weight excluding hydrogens is 362 g/mol. The molecule has 6 nitrogen and oxygen atoms in total. The molecule has 0 spiro atoms. The standard InChI is InChI=1S/C20H27N3O3S/c1-13-16(14(2)22-20(21-13)27-6)10-11-18(24)23(3)12-15-8-7-9-17(25-4)19(15)26-5/h7-9H,10-12H2,1-6H3. The van der Waals surface area contributed by atoms with Crippen molar-refractivity contribution in [3.8, 4) is 11.5 Å². The summed E-state index contributed by atoms with van der Waals surface area (Å²) in [5.74, 6) is 1.38. The zero-order chi connectivity index (χ0) is 20.0. The molecule has 0 atom stereocenters. The highest BCUT2D eigenvalue weighted by atomic mass is 32.2. The summed E-state index contributed by atoms with van der Waals surface area (Å²) in [4.78, 5) is 23.3. The van der Waals surface area contributed by atoms with Crippen LogP contribution in [0.3, 0.4) is 0 Å². The molecule has 1 aromatic carbocycles. The summed E-state index contributed by atoms with van der Waals surface area (Å²) in [6, 6.07) is 5.68. The average molecular weight is 390 g/mol. The monoisotopic (exact) mass is 389 g/mol. The minimum atomic E-state index is 0.0626. The maximum Gasteiger partial charge on any atom is 0.222 e. The van der Waals surface area contributed by atoms with Gasteiger partial charge in [0, 0.05) is 37.0 Å². The van der Waals surface area contributed by atoms with Crippen molar-refractivity contribution >= 4 is 17.7 Å². The molecule has 0 unspecified atom stereocenters. The molecule has 146 valence electrons. The third-order valence-electron chi connectivity index (χ3n) is 4.49. The second-order valence-corrected chi connectivity index (χ2v) is 7.04. The largest absolute Gasteiger partial charge is 0.493 e. The van der Waals surface area contributed by atoms with E-state index in [1.54, 1.807) is 26.2 Å². The second-order valence-electron chi connectivity index (χ2n) is 6.26. The molecule has 1 heterocycles. The Labute approximate surface area is 165 Å². The number of para-hydroxylation sites is 1. The second kappa shape index (κ2) is 9.60. The fourth-order valence-corrected chi connectivity index (χ4v) is 3.46. The zero-order valence-corrected chi connectivity index (χ0v) is 17.6. The third kappa shape index (κ3) is 5.13. The SMILES string of the molecule is COc1cccc(CN(C)C(=O)CCc2c(C)nc(SC)nc2C)c1OC. The number of nitrogens with zero attached hydrogens (tertiary/aromatic N) is 3. The molecule has 0 bridgehead atoms. The number of amides is 1. The molecule has 0 saturated carbocycles. The van der Waals surface area contributed by atoms with Crippen LogP contribution in [0.2, 0.25) is 0 Å². The van der Waals surface area contributed by atoms with Gasteiger partial charge >= 0.3 is 0 Å². The summed E-state index contributed by atoms with van der Waals surface area (Å²) >= 11 is 1.52. The lowest BCUT2D eigenvalue weighted by molar-refractivity contribution is -0.130. The van der Waals surface area contributed by atoms with Crippen molar-refractivity contribution in [1.82, 2.24) is 14.9 Å². The number of benzene rings is 1. The van der Waals surface area contributed by atoms with Crippen molar-refractivity contribution in [2.45, 2.75) is 38.4 Å². The lowest BCUT2D eigenvalue weighted by atomic mass is 10.1. The molecule has 0 aliphatic rings. The first kappa shape index (κ1) is 21.0. The predicted molar refractivity (Wildman–Crippen MR) is 108 cm³/mol. The number of hydrogen-bond acceptors (Lipinski definition) is 6. The minimum Gasteiger partial charge on any atom is -0.493 e. The number of thioether (sulfide) groups is 1. The van der Waals surface area contributed by atoms with Gasteiger partial charge in [-0.25, -0.2) is 9.97 Å². The van der Waals surface area contributed by atoms with Gasteiger partial charge in [0.15, 0.2) is 16.7 Å². The van der Waals surface area contributed by atoms with Crippen LogP contribution in [0.25, 0.3) is 0 Å². The minimum absolute atomic E-state index is 0.0626. The highest BCUT2D eigenvalue weighted by molar-refractivity contribution is 7.98. The molecule has 7 heteroatoms. The van der Waals surface area contributed by atoms with E-state index in [1.165, 1.54) is 11.8 Å². The van der Waals surface area contributed by atoms with E-state index >= 15 is 0 Å². The number of ether oxygens (including phenoxy) is 2. The quantitative estimate of drug-likeness (QED) is 0.509. The fourth-order valence-electron chi connectivity index (χ4n) is 3.01. The Hall–Kier alpha value is -2.28. The van der Waals surface area contributed by atoms with Crippen molar-refractivity contribution in [3.63, 3.8) is 0 Å². The molecule has 0 aliphatic carbocycles. The number of aromatic nitrogens is 2. The van der Waals surface area contributed by atoms with Crippen LogP contribution in [0.4, 0.5) is 0 Å². The topological polar surface area (TPSA) is 64.5 Å². The first-order valence-electron chi connectivity index (χ1n) is 8.73. The first-order chi connectivity index (χ1) is 12.9. The van der Waals surface area contributed by atoms with Gasteiger partial charge in [-0.05, 0) is 38.2 Å². The molecule has 2 aromatic rings. The number of hydrogen-bond donors (Lipinski definition) is 0. The average Bonchev–Trinajstić information content (AvgIpc) is 2.66. The molecule has 1 amide bonds. The van der Waals surface area contributed by atoms with Crippen molar-refractivity contribution in [1.29, 1.82) is 0 Å². The highest BCUT2D eigenvalue weighted by Gasteiger charge is 2.16. The van der Waals surface area contributed by atoms with Gasteiger partial charge in [-0.2, -0.15) is 0 Å². The summed E-state index contributed by atoms with van der Waals surface area (Å²) in [5, 5.41) is 0.766. The predicted octanol–water partition coefficient (Wildman–Crippen LogP) is 3.42. The number of rotatable bonds is 8. The van der Waals surface area contributed by atoms with Gasteiger partial charge in [0.1, 0.15) is 0 Å². The van der Waals surface area contributed by atoms with Gasteiger partial charge in [0.2, 0.25) is 5.91 Å². The van der Waals surface area contributed by atoms with Crippen molar-refractivity contribution in [2.75, 3.05) is 27.5 Å². The van der Waals surface area contributed by atoms with Gasteiger partial charge in [0.05, 0.1) is 14.2 Å².